The van der Waals surface area contributed by atoms with Crippen LogP contribution in [-0.4, -0.2) is 54.5 Å². The van der Waals surface area contributed by atoms with Gasteiger partial charge in [-0.25, -0.2) is 9.59 Å². The number of amides is 2. The Kier molecular flexibility index (Phi) is 7.47. The molecule has 1 saturated heterocycles. The number of nitrogens with one attached hydrogen (secondary N) is 2. The van der Waals surface area contributed by atoms with Gasteiger partial charge in [-0.1, -0.05) is 55.5 Å². The fraction of sp³-hybridized carbons (Fsp3) is 0.423. The second kappa shape index (κ2) is 10.7. The van der Waals surface area contributed by atoms with E-state index >= 15 is 0 Å². The zero-order valence-electron chi connectivity index (χ0n) is 19.2. The number of hydrogen-bond donors (Lipinski definition) is 3. The first-order valence-corrected chi connectivity index (χ1v) is 11.7. The van der Waals surface area contributed by atoms with E-state index in [1.54, 1.807) is 0 Å². The summed E-state index contributed by atoms with van der Waals surface area (Å²) in [6, 6.07) is 15.9. The van der Waals surface area contributed by atoms with Gasteiger partial charge in [0.05, 0.1) is 6.10 Å². The Bertz CT molecular complexity index is 1010. The molecule has 1 heterocycles. The molecule has 3 atom stereocenters. The fourth-order valence-corrected chi connectivity index (χ4v) is 4.67. The maximum atomic E-state index is 12.5. The molecule has 0 radical (unpaired) electrons. The number of carboxylic acid groups (broad SMARTS) is 1. The number of aliphatic carboxylic acids is 1. The number of alkyl carbamates (subject to hydrolysis) is 1. The molecule has 34 heavy (non-hydrogen) atoms. The number of carbonyl (C=O) groups is 3. The molecule has 180 valence electrons. The van der Waals surface area contributed by atoms with Crippen molar-refractivity contribution in [2.75, 3.05) is 13.2 Å². The van der Waals surface area contributed by atoms with Crippen molar-refractivity contribution in [3.8, 4) is 11.1 Å². The van der Waals surface area contributed by atoms with E-state index < -0.39 is 18.2 Å². The van der Waals surface area contributed by atoms with Gasteiger partial charge >= 0.3 is 12.1 Å². The summed E-state index contributed by atoms with van der Waals surface area (Å²) < 4.78 is 11.0. The van der Waals surface area contributed by atoms with Crippen LogP contribution in [0.5, 0.6) is 0 Å². The Morgan fingerprint density at radius 2 is 1.71 bits per heavy atom. The van der Waals surface area contributed by atoms with E-state index in [1.165, 1.54) is 0 Å². The van der Waals surface area contributed by atoms with Gasteiger partial charge < -0.3 is 25.2 Å². The summed E-state index contributed by atoms with van der Waals surface area (Å²) in [5.74, 6) is -1.23. The van der Waals surface area contributed by atoms with Crippen LogP contribution in [0.2, 0.25) is 0 Å². The molecule has 0 aromatic heterocycles. The van der Waals surface area contributed by atoms with E-state index in [0.29, 0.717) is 19.3 Å². The first-order valence-electron chi connectivity index (χ1n) is 11.7. The van der Waals surface area contributed by atoms with Gasteiger partial charge in [-0.05, 0) is 41.5 Å². The maximum Gasteiger partial charge on any atom is 0.407 e. The number of benzene rings is 2. The minimum atomic E-state index is -0.979. The summed E-state index contributed by atoms with van der Waals surface area (Å²) in [5, 5.41) is 14.5. The minimum Gasteiger partial charge on any atom is -0.479 e. The van der Waals surface area contributed by atoms with Gasteiger partial charge in [-0.2, -0.15) is 0 Å². The van der Waals surface area contributed by atoms with Crippen LogP contribution in [0.1, 0.15) is 49.7 Å². The zero-order valence-corrected chi connectivity index (χ0v) is 19.2. The van der Waals surface area contributed by atoms with Crippen LogP contribution in [0.3, 0.4) is 0 Å². The number of carbonyl (C=O) groups excluding carboxylic acids is 2. The van der Waals surface area contributed by atoms with E-state index in [4.69, 9.17) is 14.6 Å². The van der Waals surface area contributed by atoms with E-state index in [9.17, 15) is 14.4 Å². The molecule has 1 fully saturated rings. The lowest BCUT2D eigenvalue weighted by Crippen LogP contribution is -2.41. The lowest BCUT2D eigenvalue weighted by atomic mass is 9.98. The monoisotopic (exact) mass is 466 g/mol. The van der Waals surface area contributed by atoms with Crippen LogP contribution in [0.15, 0.2) is 48.5 Å². The SMILES string of the molecule is CCC(CC(=O)NCC1CCC(C(=O)O)O1)NC(=O)OCC1c2ccccc2-c2ccccc21. The summed E-state index contributed by atoms with van der Waals surface area (Å²) >= 11 is 0. The van der Waals surface area contributed by atoms with Crippen molar-refractivity contribution >= 4 is 18.0 Å². The highest BCUT2D eigenvalue weighted by Crippen LogP contribution is 2.44. The number of hydrogen-bond acceptors (Lipinski definition) is 5. The molecule has 2 aromatic rings. The highest BCUT2D eigenvalue weighted by Gasteiger charge is 2.31. The topological polar surface area (TPSA) is 114 Å². The van der Waals surface area contributed by atoms with Crippen molar-refractivity contribution in [3.05, 3.63) is 59.7 Å². The average Bonchev–Trinajstić information content (AvgIpc) is 3.44. The summed E-state index contributed by atoms with van der Waals surface area (Å²) in [5.41, 5.74) is 4.61. The molecule has 3 N–H and O–H groups in total. The summed E-state index contributed by atoms with van der Waals surface area (Å²) in [4.78, 5) is 35.8. The van der Waals surface area contributed by atoms with Crippen LogP contribution in [0.25, 0.3) is 11.1 Å². The van der Waals surface area contributed by atoms with Crippen molar-refractivity contribution in [2.45, 2.75) is 56.8 Å². The van der Waals surface area contributed by atoms with Crippen molar-refractivity contribution < 1.29 is 29.0 Å². The van der Waals surface area contributed by atoms with Gasteiger partial charge in [0, 0.05) is 24.9 Å². The molecule has 3 unspecified atom stereocenters. The average molecular weight is 467 g/mol. The maximum absolute atomic E-state index is 12.5. The largest absolute Gasteiger partial charge is 0.479 e. The van der Waals surface area contributed by atoms with Crippen molar-refractivity contribution in [1.82, 2.24) is 10.6 Å². The molecular formula is C26H30N2O6. The molecule has 4 rings (SSSR count). The van der Waals surface area contributed by atoms with Crippen molar-refractivity contribution in [2.24, 2.45) is 0 Å². The summed E-state index contributed by atoms with van der Waals surface area (Å²) in [6.07, 6.45) is 0.0446. The normalized spacial score (nSPS) is 19.7. The van der Waals surface area contributed by atoms with Crippen LogP contribution in [0, 0.1) is 0 Å². The smallest absolute Gasteiger partial charge is 0.407 e. The number of carboxylic acids is 1. The second-order valence-electron chi connectivity index (χ2n) is 8.75. The molecular weight excluding hydrogens is 436 g/mol. The van der Waals surface area contributed by atoms with Crippen LogP contribution < -0.4 is 10.6 Å². The molecule has 1 aliphatic carbocycles. The second-order valence-corrected chi connectivity index (χ2v) is 8.75. The summed E-state index contributed by atoms with van der Waals surface area (Å²) in [6.45, 7) is 2.36. The first kappa shape index (κ1) is 23.8. The predicted molar refractivity (Wildman–Crippen MR) is 125 cm³/mol. The van der Waals surface area contributed by atoms with E-state index in [2.05, 4.69) is 34.9 Å². The van der Waals surface area contributed by atoms with Gasteiger partial charge in [0.15, 0.2) is 6.10 Å². The molecule has 2 aliphatic rings. The third-order valence-corrected chi connectivity index (χ3v) is 6.50. The molecule has 8 nitrogen and oxygen atoms in total. The highest BCUT2D eigenvalue weighted by molar-refractivity contribution is 5.79. The number of fused-ring (bicyclic) bond motifs is 3. The van der Waals surface area contributed by atoms with E-state index in [1.807, 2.05) is 31.2 Å². The lowest BCUT2D eigenvalue weighted by Gasteiger charge is -2.19. The Hall–Kier alpha value is -3.39. The molecule has 0 bridgehead atoms. The molecule has 0 spiro atoms. The number of ether oxygens (including phenoxy) is 2. The third-order valence-electron chi connectivity index (χ3n) is 6.50. The van der Waals surface area contributed by atoms with Gasteiger partial charge in [0.2, 0.25) is 5.91 Å². The summed E-state index contributed by atoms with van der Waals surface area (Å²) in [7, 11) is 0. The Labute approximate surface area is 198 Å². The van der Waals surface area contributed by atoms with Crippen LogP contribution >= 0.6 is 0 Å². The quantitative estimate of drug-likeness (QED) is 0.522. The Morgan fingerprint density at radius 1 is 1.06 bits per heavy atom. The standard InChI is InChI=1S/C26H30N2O6/c1-2-16(13-24(29)27-14-17-11-12-23(34-17)25(30)31)28-26(32)33-15-22-20-9-5-3-7-18(20)19-8-4-6-10-21(19)22/h3-10,16-17,22-23H,2,11-15H2,1H3,(H,27,29)(H,28,32)(H,30,31). The fourth-order valence-electron chi connectivity index (χ4n) is 4.67. The molecule has 2 amide bonds. The van der Waals surface area contributed by atoms with Gasteiger partial charge in [0.25, 0.3) is 0 Å². The van der Waals surface area contributed by atoms with Crippen LogP contribution in [-0.2, 0) is 19.1 Å². The molecule has 2 aromatic carbocycles. The number of rotatable bonds is 9. The first-order chi connectivity index (χ1) is 16.5. The van der Waals surface area contributed by atoms with Gasteiger partial charge in [0.1, 0.15) is 6.61 Å². The molecule has 8 heteroatoms. The zero-order chi connectivity index (χ0) is 24.1. The Balaban J connectivity index is 1.25. The predicted octanol–water partition coefficient (Wildman–Crippen LogP) is 3.44. The van der Waals surface area contributed by atoms with Crippen LogP contribution in [0.4, 0.5) is 4.79 Å². The van der Waals surface area contributed by atoms with E-state index in [-0.39, 0.29) is 43.5 Å². The van der Waals surface area contributed by atoms with Gasteiger partial charge in [-0.15, -0.1) is 0 Å². The van der Waals surface area contributed by atoms with Crippen molar-refractivity contribution in [3.63, 3.8) is 0 Å². The lowest BCUT2D eigenvalue weighted by molar-refractivity contribution is -0.149. The van der Waals surface area contributed by atoms with Gasteiger partial charge in [-0.3, -0.25) is 4.79 Å². The Morgan fingerprint density at radius 3 is 2.29 bits per heavy atom. The minimum absolute atomic E-state index is 0.0254. The molecule has 1 aliphatic heterocycles. The highest BCUT2D eigenvalue weighted by atomic mass is 16.5. The third kappa shape index (κ3) is 5.39. The van der Waals surface area contributed by atoms with Crippen molar-refractivity contribution in [1.29, 1.82) is 0 Å². The molecule has 0 saturated carbocycles. The van der Waals surface area contributed by atoms with E-state index in [0.717, 1.165) is 22.3 Å².